The van der Waals surface area contributed by atoms with E-state index in [9.17, 15) is 9.90 Å². The first-order valence-corrected chi connectivity index (χ1v) is 8.51. The van der Waals surface area contributed by atoms with Crippen LogP contribution >= 0.6 is 0 Å². The van der Waals surface area contributed by atoms with Crippen LogP contribution < -0.4 is 14.9 Å². The van der Waals surface area contributed by atoms with Gasteiger partial charge in [0.1, 0.15) is 5.75 Å². The molecule has 2 N–H and O–H groups in total. The number of carbonyl (C=O) groups excluding carboxylic acids is 1. The van der Waals surface area contributed by atoms with E-state index in [1.165, 1.54) is 0 Å². The minimum Gasteiger partial charge on any atom is -0.508 e. The molecule has 0 aliphatic heterocycles. The van der Waals surface area contributed by atoms with Gasteiger partial charge in [-0.1, -0.05) is 12.1 Å². The maximum absolute atomic E-state index is 11.9. The van der Waals surface area contributed by atoms with Crippen LogP contribution in [0, 0.1) is 0 Å². The molecule has 0 aliphatic rings. The summed E-state index contributed by atoms with van der Waals surface area (Å²) in [6.45, 7) is 6.34. The Hall–Kier alpha value is -3.02. The molecule has 0 unspecified atom stereocenters. The van der Waals surface area contributed by atoms with E-state index in [1.54, 1.807) is 30.5 Å². The second-order valence-corrected chi connectivity index (χ2v) is 5.94. The van der Waals surface area contributed by atoms with E-state index in [0.717, 1.165) is 11.1 Å². The molecular weight excluding hydrogens is 332 g/mol. The number of hydrogen-bond donors (Lipinski definition) is 2. The highest BCUT2D eigenvalue weighted by Crippen LogP contribution is 2.28. The van der Waals surface area contributed by atoms with Gasteiger partial charge in [-0.25, -0.2) is 5.43 Å². The van der Waals surface area contributed by atoms with Crippen molar-refractivity contribution in [1.29, 1.82) is 0 Å². The fraction of sp³-hybridized carbons (Fsp3) is 0.300. The molecule has 0 fully saturated rings. The predicted octanol–water partition coefficient (Wildman–Crippen LogP) is 3.27. The predicted molar refractivity (Wildman–Crippen MR) is 101 cm³/mol. The molecule has 2 rings (SSSR count). The van der Waals surface area contributed by atoms with Crippen LogP contribution in [0.25, 0.3) is 0 Å². The van der Waals surface area contributed by atoms with Crippen LogP contribution in [-0.4, -0.2) is 29.9 Å². The van der Waals surface area contributed by atoms with Crippen molar-refractivity contribution < 1.29 is 19.4 Å². The number of nitrogens with zero attached hydrogens (tertiary/aromatic N) is 1. The third-order valence-electron chi connectivity index (χ3n) is 3.33. The van der Waals surface area contributed by atoms with Crippen LogP contribution in [0.1, 0.15) is 31.9 Å². The van der Waals surface area contributed by atoms with Gasteiger partial charge in [-0.05, 0) is 62.2 Å². The molecule has 0 radical (unpaired) electrons. The van der Waals surface area contributed by atoms with Crippen molar-refractivity contribution in [2.45, 2.75) is 33.3 Å². The first kappa shape index (κ1) is 19.3. The second kappa shape index (κ2) is 9.46. The Morgan fingerprint density at radius 2 is 1.92 bits per heavy atom. The van der Waals surface area contributed by atoms with E-state index in [4.69, 9.17) is 9.47 Å². The van der Waals surface area contributed by atoms with E-state index in [0.29, 0.717) is 18.1 Å². The molecule has 0 saturated carbocycles. The van der Waals surface area contributed by atoms with Crippen molar-refractivity contribution in [1.82, 2.24) is 5.43 Å². The number of amides is 1. The summed E-state index contributed by atoms with van der Waals surface area (Å²) >= 11 is 0. The molecule has 26 heavy (non-hydrogen) atoms. The van der Waals surface area contributed by atoms with Crippen LogP contribution in [0.5, 0.6) is 17.2 Å². The molecule has 6 heteroatoms. The fourth-order valence-corrected chi connectivity index (χ4v) is 2.24. The highest BCUT2D eigenvalue weighted by molar-refractivity contribution is 5.84. The average Bonchev–Trinajstić information content (AvgIpc) is 2.59. The number of phenols is 1. The Labute approximate surface area is 153 Å². The number of benzene rings is 2. The molecule has 0 saturated heterocycles. The summed E-state index contributed by atoms with van der Waals surface area (Å²) in [5, 5.41) is 13.2. The van der Waals surface area contributed by atoms with Crippen molar-refractivity contribution in [3.63, 3.8) is 0 Å². The lowest BCUT2D eigenvalue weighted by Crippen LogP contribution is -2.19. The molecular formula is C20H24N2O4. The van der Waals surface area contributed by atoms with Crippen molar-refractivity contribution in [2.24, 2.45) is 5.10 Å². The monoisotopic (exact) mass is 356 g/mol. The molecule has 0 bridgehead atoms. The number of hydrazone groups is 1. The summed E-state index contributed by atoms with van der Waals surface area (Å²) in [7, 11) is 0. The SMILES string of the molecule is CCOc1cc(/C=N\NC(=O)Cc2ccc(O)cc2)ccc1OC(C)C. The van der Waals surface area contributed by atoms with Crippen LogP contribution in [-0.2, 0) is 11.2 Å². The number of hydrogen-bond acceptors (Lipinski definition) is 5. The van der Waals surface area contributed by atoms with Gasteiger partial charge in [-0.15, -0.1) is 0 Å². The number of rotatable bonds is 8. The lowest BCUT2D eigenvalue weighted by molar-refractivity contribution is -0.120. The van der Waals surface area contributed by atoms with Crippen LogP contribution in [0.15, 0.2) is 47.6 Å². The lowest BCUT2D eigenvalue weighted by atomic mass is 10.1. The molecule has 0 aromatic heterocycles. The maximum atomic E-state index is 11.9. The maximum Gasteiger partial charge on any atom is 0.244 e. The van der Waals surface area contributed by atoms with Gasteiger partial charge in [0.05, 0.1) is 25.3 Å². The molecule has 2 aromatic carbocycles. The first-order chi connectivity index (χ1) is 12.5. The summed E-state index contributed by atoms with van der Waals surface area (Å²) in [6, 6.07) is 12.0. The Balaban J connectivity index is 1.97. The van der Waals surface area contributed by atoms with Gasteiger partial charge in [-0.3, -0.25) is 4.79 Å². The fourth-order valence-electron chi connectivity index (χ4n) is 2.24. The topological polar surface area (TPSA) is 80.2 Å². The van der Waals surface area contributed by atoms with Crippen LogP contribution in [0.2, 0.25) is 0 Å². The van der Waals surface area contributed by atoms with Gasteiger partial charge in [0, 0.05) is 0 Å². The van der Waals surface area contributed by atoms with Crippen LogP contribution in [0.3, 0.4) is 0 Å². The molecule has 0 spiro atoms. The molecule has 0 aliphatic carbocycles. The van der Waals surface area contributed by atoms with Crippen molar-refractivity contribution in [3.8, 4) is 17.2 Å². The van der Waals surface area contributed by atoms with E-state index in [1.807, 2.05) is 39.0 Å². The van der Waals surface area contributed by atoms with Crippen molar-refractivity contribution >= 4 is 12.1 Å². The zero-order chi connectivity index (χ0) is 18.9. The highest BCUT2D eigenvalue weighted by Gasteiger charge is 2.08. The van der Waals surface area contributed by atoms with Gasteiger partial charge < -0.3 is 14.6 Å². The third-order valence-corrected chi connectivity index (χ3v) is 3.33. The Kier molecular flexibility index (Phi) is 7.02. The van der Waals surface area contributed by atoms with E-state index < -0.39 is 0 Å². The summed E-state index contributed by atoms with van der Waals surface area (Å²) in [4.78, 5) is 11.9. The number of nitrogens with one attached hydrogen (secondary N) is 1. The van der Waals surface area contributed by atoms with E-state index >= 15 is 0 Å². The standard InChI is InChI=1S/C20H24N2O4/c1-4-25-19-11-16(7-10-18(19)26-14(2)3)13-21-22-20(24)12-15-5-8-17(23)9-6-15/h5-11,13-14,23H,4,12H2,1-3H3,(H,22,24)/b21-13-. The molecule has 1 amide bonds. The molecule has 0 heterocycles. The number of aromatic hydroxyl groups is 1. The largest absolute Gasteiger partial charge is 0.508 e. The van der Waals surface area contributed by atoms with Crippen molar-refractivity contribution in [2.75, 3.05) is 6.61 Å². The molecule has 138 valence electrons. The molecule has 6 nitrogen and oxygen atoms in total. The Morgan fingerprint density at radius 3 is 2.58 bits per heavy atom. The van der Waals surface area contributed by atoms with Gasteiger partial charge in [0.25, 0.3) is 0 Å². The number of phenolic OH excluding ortho intramolecular Hbond substituents is 1. The number of ether oxygens (including phenoxy) is 2. The molecule has 0 atom stereocenters. The summed E-state index contributed by atoms with van der Waals surface area (Å²) < 4.78 is 11.3. The summed E-state index contributed by atoms with van der Waals surface area (Å²) in [5.74, 6) is 1.25. The summed E-state index contributed by atoms with van der Waals surface area (Å²) in [6.07, 6.45) is 1.78. The number of carbonyl (C=O) groups is 1. The smallest absolute Gasteiger partial charge is 0.244 e. The molecule has 2 aromatic rings. The highest BCUT2D eigenvalue weighted by atomic mass is 16.5. The Morgan fingerprint density at radius 1 is 1.19 bits per heavy atom. The quantitative estimate of drug-likeness (QED) is 0.562. The van der Waals surface area contributed by atoms with Gasteiger partial charge in [0.15, 0.2) is 11.5 Å². The Bertz CT molecular complexity index is 755. The third kappa shape index (κ3) is 6.12. The zero-order valence-electron chi connectivity index (χ0n) is 15.2. The van der Waals surface area contributed by atoms with Gasteiger partial charge in [0.2, 0.25) is 5.91 Å². The minimum absolute atomic E-state index is 0.0490. The lowest BCUT2D eigenvalue weighted by Gasteiger charge is -2.14. The van der Waals surface area contributed by atoms with E-state index in [-0.39, 0.29) is 24.2 Å². The summed E-state index contributed by atoms with van der Waals surface area (Å²) in [5.41, 5.74) is 4.07. The minimum atomic E-state index is -0.239. The van der Waals surface area contributed by atoms with E-state index in [2.05, 4.69) is 10.5 Å². The van der Waals surface area contributed by atoms with Gasteiger partial charge >= 0.3 is 0 Å². The average molecular weight is 356 g/mol. The first-order valence-electron chi connectivity index (χ1n) is 8.51. The normalized spacial score (nSPS) is 10.9. The van der Waals surface area contributed by atoms with Gasteiger partial charge in [-0.2, -0.15) is 5.10 Å². The van der Waals surface area contributed by atoms with Crippen molar-refractivity contribution in [3.05, 3.63) is 53.6 Å². The second-order valence-electron chi connectivity index (χ2n) is 5.94. The van der Waals surface area contributed by atoms with Crippen LogP contribution in [0.4, 0.5) is 0 Å². The zero-order valence-corrected chi connectivity index (χ0v) is 15.2.